The molecule has 6 nitrogen and oxygen atoms in total. The van der Waals surface area contributed by atoms with Crippen LogP contribution in [0.4, 0.5) is 5.69 Å². The van der Waals surface area contributed by atoms with E-state index in [4.69, 9.17) is 27.9 Å². The van der Waals surface area contributed by atoms with Crippen LogP contribution in [0.2, 0.25) is 10.0 Å². The molecule has 2 saturated heterocycles. The molecule has 0 radical (unpaired) electrons. The molecule has 2 aliphatic heterocycles. The van der Waals surface area contributed by atoms with E-state index in [1.807, 2.05) is 18.2 Å². The molecule has 0 unspecified atom stereocenters. The van der Waals surface area contributed by atoms with E-state index in [-0.39, 0.29) is 35.1 Å². The molecule has 10 heteroatoms. The van der Waals surface area contributed by atoms with Crippen molar-refractivity contribution in [3.05, 3.63) is 58.1 Å². The molecule has 0 spiro atoms. The Kier molecular flexibility index (Phi) is 6.03. The average Bonchev–Trinajstić information content (AvgIpc) is 3.15. The summed E-state index contributed by atoms with van der Waals surface area (Å²) in [7, 11) is -1.63. The number of hydrogen-bond acceptors (Lipinski definition) is 5. The third-order valence-corrected chi connectivity index (χ3v) is 9.03. The van der Waals surface area contributed by atoms with E-state index < -0.39 is 9.84 Å². The van der Waals surface area contributed by atoms with E-state index in [0.29, 0.717) is 26.6 Å². The lowest BCUT2D eigenvalue weighted by atomic mass is 10.1. The number of para-hydroxylation sites is 1. The van der Waals surface area contributed by atoms with Gasteiger partial charge in [0.25, 0.3) is 5.91 Å². The second kappa shape index (κ2) is 8.42. The minimum atomic E-state index is -3.17. The van der Waals surface area contributed by atoms with Crippen molar-refractivity contribution in [2.45, 2.75) is 17.7 Å². The zero-order valence-corrected chi connectivity index (χ0v) is 19.1. The molecule has 2 aliphatic rings. The van der Waals surface area contributed by atoms with Crippen molar-refractivity contribution >= 4 is 61.6 Å². The molecule has 1 amide bonds. The number of thioether (sulfide) groups is 1. The SMILES string of the molecule is COc1ccccc1CC(=O)N=C1S[C@H]2CS(=O)(=O)C[C@@H]2N1c1cccc(Cl)c1Cl. The maximum absolute atomic E-state index is 12.8. The summed E-state index contributed by atoms with van der Waals surface area (Å²) in [5.41, 5.74) is 1.28. The number of anilines is 1. The van der Waals surface area contributed by atoms with Crippen LogP contribution in [0, 0.1) is 0 Å². The summed E-state index contributed by atoms with van der Waals surface area (Å²) < 4.78 is 29.7. The molecular weight excluding hydrogens is 467 g/mol. The van der Waals surface area contributed by atoms with Crippen LogP contribution in [0.3, 0.4) is 0 Å². The second-order valence-corrected chi connectivity index (χ2v) is 11.2. The van der Waals surface area contributed by atoms with Gasteiger partial charge >= 0.3 is 0 Å². The number of halogens is 2. The van der Waals surface area contributed by atoms with Crippen LogP contribution in [0.25, 0.3) is 0 Å². The van der Waals surface area contributed by atoms with Crippen molar-refractivity contribution in [2.24, 2.45) is 4.99 Å². The topological polar surface area (TPSA) is 76.0 Å². The lowest BCUT2D eigenvalue weighted by Gasteiger charge is -2.25. The number of sulfone groups is 1. The van der Waals surface area contributed by atoms with E-state index in [0.717, 1.165) is 5.56 Å². The van der Waals surface area contributed by atoms with Gasteiger partial charge in [-0.25, -0.2) is 8.42 Å². The molecule has 2 aromatic rings. The molecule has 0 bridgehead atoms. The first-order valence-corrected chi connectivity index (χ1v) is 12.6. The summed E-state index contributed by atoms with van der Waals surface area (Å²) >= 11 is 13.9. The smallest absolute Gasteiger partial charge is 0.252 e. The Labute approximate surface area is 189 Å². The third kappa shape index (κ3) is 4.19. The fraction of sp³-hybridized carbons (Fsp3) is 0.300. The predicted octanol–water partition coefficient (Wildman–Crippen LogP) is 3.85. The highest BCUT2D eigenvalue weighted by atomic mass is 35.5. The molecule has 0 N–H and O–H groups in total. The lowest BCUT2D eigenvalue weighted by molar-refractivity contribution is -0.117. The van der Waals surface area contributed by atoms with E-state index in [9.17, 15) is 13.2 Å². The number of methoxy groups -OCH3 is 1. The van der Waals surface area contributed by atoms with Crippen molar-refractivity contribution in [1.82, 2.24) is 0 Å². The fourth-order valence-electron chi connectivity index (χ4n) is 3.68. The van der Waals surface area contributed by atoms with Crippen LogP contribution in [0.5, 0.6) is 5.75 Å². The number of amidine groups is 1. The highest BCUT2D eigenvalue weighted by molar-refractivity contribution is 8.16. The van der Waals surface area contributed by atoms with Gasteiger partial charge in [-0.05, 0) is 18.2 Å². The van der Waals surface area contributed by atoms with Gasteiger partial charge < -0.3 is 9.64 Å². The summed E-state index contributed by atoms with van der Waals surface area (Å²) in [6.45, 7) is 0. The van der Waals surface area contributed by atoms with Crippen molar-refractivity contribution in [1.29, 1.82) is 0 Å². The number of ether oxygens (including phenoxy) is 1. The van der Waals surface area contributed by atoms with Crippen LogP contribution in [0.15, 0.2) is 47.5 Å². The quantitative estimate of drug-likeness (QED) is 0.655. The van der Waals surface area contributed by atoms with Gasteiger partial charge in [0.1, 0.15) is 5.75 Å². The maximum atomic E-state index is 12.8. The van der Waals surface area contributed by atoms with Crippen LogP contribution < -0.4 is 9.64 Å². The monoisotopic (exact) mass is 484 g/mol. The van der Waals surface area contributed by atoms with Crippen LogP contribution in [-0.4, -0.2) is 49.4 Å². The number of fused-ring (bicyclic) bond motifs is 1. The number of rotatable bonds is 4. The molecule has 2 heterocycles. The summed E-state index contributed by atoms with van der Waals surface area (Å²) in [5.74, 6) is 0.278. The van der Waals surface area contributed by atoms with Crippen LogP contribution in [-0.2, 0) is 21.1 Å². The molecule has 30 heavy (non-hydrogen) atoms. The van der Waals surface area contributed by atoms with Gasteiger partial charge in [-0.2, -0.15) is 4.99 Å². The Morgan fingerprint density at radius 2 is 1.97 bits per heavy atom. The summed E-state index contributed by atoms with van der Waals surface area (Å²) in [6.07, 6.45) is 0.0683. The zero-order valence-electron chi connectivity index (χ0n) is 15.9. The molecular formula is C20H18Cl2N2O4S2. The van der Waals surface area contributed by atoms with Gasteiger partial charge in [0.05, 0.1) is 46.8 Å². The third-order valence-electron chi connectivity index (χ3n) is 5.01. The number of carbonyl (C=O) groups excluding carboxylic acids is 1. The van der Waals surface area contributed by atoms with Gasteiger partial charge in [-0.1, -0.05) is 59.2 Å². The Morgan fingerprint density at radius 3 is 2.73 bits per heavy atom. The Morgan fingerprint density at radius 1 is 1.20 bits per heavy atom. The van der Waals surface area contributed by atoms with Crippen molar-refractivity contribution in [3.8, 4) is 5.75 Å². The Bertz CT molecular complexity index is 1140. The van der Waals surface area contributed by atoms with Gasteiger partial charge in [0.15, 0.2) is 15.0 Å². The van der Waals surface area contributed by atoms with Crippen LogP contribution in [0.1, 0.15) is 5.56 Å². The number of amides is 1. The number of carbonyl (C=O) groups is 1. The Balaban J connectivity index is 1.69. The minimum absolute atomic E-state index is 0.0206. The number of aliphatic imine (C=N–C) groups is 1. The summed E-state index contributed by atoms with van der Waals surface area (Å²) in [6, 6.07) is 12.0. The lowest BCUT2D eigenvalue weighted by Crippen LogP contribution is -2.38. The highest BCUT2D eigenvalue weighted by Gasteiger charge is 2.49. The summed E-state index contributed by atoms with van der Waals surface area (Å²) in [4.78, 5) is 18.8. The average molecular weight is 485 g/mol. The van der Waals surface area contributed by atoms with E-state index in [2.05, 4.69) is 4.99 Å². The molecule has 158 valence electrons. The normalized spacial score (nSPS) is 23.6. The number of hydrogen-bond donors (Lipinski definition) is 0. The fourth-order valence-corrected chi connectivity index (χ4v) is 7.99. The molecule has 4 rings (SSSR count). The van der Waals surface area contributed by atoms with E-state index in [1.165, 1.54) is 11.8 Å². The molecule has 2 atom stereocenters. The van der Waals surface area contributed by atoms with Crippen molar-refractivity contribution in [2.75, 3.05) is 23.5 Å². The van der Waals surface area contributed by atoms with Crippen molar-refractivity contribution in [3.63, 3.8) is 0 Å². The molecule has 0 saturated carbocycles. The van der Waals surface area contributed by atoms with Gasteiger partial charge in [0.2, 0.25) is 0 Å². The minimum Gasteiger partial charge on any atom is -0.496 e. The first kappa shape index (κ1) is 21.5. The Hall–Kier alpha value is -1.74. The molecule has 0 aliphatic carbocycles. The number of benzene rings is 2. The first-order chi connectivity index (χ1) is 14.3. The highest BCUT2D eigenvalue weighted by Crippen LogP contribution is 2.44. The standard InChI is InChI=1S/C20H18Cl2N2O4S2/c1-28-16-8-3-2-5-12(16)9-18(25)23-20-24(14-7-4-6-13(21)19(14)22)15-10-30(26,27)11-17(15)29-20/h2-8,15,17H,9-11H2,1H3/t15-,17-/m0/s1. The largest absolute Gasteiger partial charge is 0.496 e. The first-order valence-electron chi connectivity index (χ1n) is 9.13. The van der Waals surface area contributed by atoms with Crippen LogP contribution >= 0.6 is 35.0 Å². The zero-order chi connectivity index (χ0) is 21.5. The van der Waals surface area contributed by atoms with Crippen molar-refractivity contribution < 1.29 is 17.9 Å². The van der Waals surface area contributed by atoms with E-state index in [1.54, 1.807) is 36.3 Å². The molecule has 0 aromatic heterocycles. The summed E-state index contributed by atoms with van der Waals surface area (Å²) in [5, 5.41) is 0.865. The second-order valence-electron chi connectivity index (χ2n) is 7.02. The number of nitrogens with zero attached hydrogens (tertiary/aromatic N) is 2. The van der Waals surface area contributed by atoms with Gasteiger partial charge in [0, 0.05) is 10.8 Å². The predicted molar refractivity (Wildman–Crippen MR) is 122 cm³/mol. The molecule has 2 fully saturated rings. The maximum Gasteiger partial charge on any atom is 0.252 e. The van der Waals surface area contributed by atoms with E-state index >= 15 is 0 Å². The van der Waals surface area contributed by atoms with Gasteiger partial charge in [-0.3, -0.25) is 4.79 Å². The molecule has 2 aromatic carbocycles. The van der Waals surface area contributed by atoms with Gasteiger partial charge in [-0.15, -0.1) is 0 Å².